The Morgan fingerprint density at radius 1 is 0.362 bits per heavy atom. The maximum atomic E-state index is 6.31. The predicted molar refractivity (Wildman–Crippen MR) is 178 cm³/mol. The van der Waals surface area contributed by atoms with Crippen molar-refractivity contribution < 1.29 is 18.9 Å². The Bertz CT molecular complexity index is 2170. The first-order valence-electron chi connectivity index (χ1n) is 14.8. The Kier molecular flexibility index (Phi) is 7.29. The molecule has 0 spiro atoms. The number of pyridine rings is 2. The number of hydrogen-bond donors (Lipinski definition) is 0. The lowest BCUT2D eigenvalue weighted by Gasteiger charge is -2.10. The molecular weight excluding hydrogens is 590 g/mol. The molecule has 8 aromatic rings. The van der Waals surface area contributed by atoms with Crippen LogP contribution in [0, 0.1) is 0 Å². The minimum Gasteiger partial charge on any atom is -0.457 e. The molecule has 0 amide bonds. The van der Waals surface area contributed by atoms with E-state index in [9.17, 15) is 0 Å². The van der Waals surface area contributed by atoms with Crippen LogP contribution >= 0.6 is 0 Å². The summed E-state index contributed by atoms with van der Waals surface area (Å²) in [7, 11) is 0. The van der Waals surface area contributed by atoms with Gasteiger partial charge in [-0.1, -0.05) is 24.3 Å². The SMILES string of the molecule is c1ccc(Oc2cccc(Oc3ccc4c5ccc(Oc6cccc(Oc7ccccn7)c6)cc5n(-c5ncccn5)c4c3)c2)nc1. The van der Waals surface area contributed by atoms with Gasteiger partial charge in [-0.3, -0.25) is 4.57 Å². The van der Waals surface area contributed by atoms with Crippen molar-refractivity contribution in [1.82, 2.24) is 24.5 Å². The van der Waals surface area contributed by atoms with Gasteiger partial charge in [0.15, 0.2) is 0 Å². The van der Waals surface area contributed by atoms with Crippen LogP contribution in [0.5, 0.6) is 46.3 Å². The summed E-state index contributed by atoms with van der Waals surface area (Å²) < 4.78 is 26.4. The molecule has 9 heteroatoms. The van der Waals surface area contributed by atoms with Crippen LogP contribution in [-0.2, 0) is 0 Å². The number of fused-ring (bicyclic) bond motifs is 3. The first-order chi connectivity index (χ1) is 23.2. The highest BCUT2D eigenvalue weighted by molar-refractivity contribution is 6.09. The maximum absolute atomic E-state index is 6.31. The molecule has 0 unspecified atom stereocenters. The van der Waals surface area contributed by atoms with Crippen LogP contribution in [0.15, 0.2) is 152 Å². The van der Waals surface area contributed by atoms with Crippen molar-refractivity contribution in [3.05, 3.63) is 152 Å². The van der Waals surface area contributed by atoms with Crippen molar-refractivity contribution in [3.8, 4) is 52.2 Å². The molecule has 0 saturated carbocycles. The van der Waals surface area contributed by atoms with Crippen LogP contribution in [0.3, 0.4) is 0 Å². The molecular formula is C38H25N5O4. The molecule has 0 bridgehead atoms. The van der Waals surface area contributed by atoms with Crippen LogP contribution in [0.25, 0.3) is 27.8 Å². The van der Waals surface area contributed by atoms with E-state index < -0.39 is 0 Å². The van der Waals surface area contributed by atoms with Crippen molar-refractivity contribution in [3.63, 3.8) is 0 Å². The van der Waals surface area contributed by atoms with Crippen molar-refractivity contribution in [2.45, 2.75) is 0 Å². The first kappa shape index (κ1) is 27.8. The smallest absolute Gasteiger partial charge is 0.234 e. The Morgan fingerprint density at radius 2 is 0.809 bits per heavy atom. The summed E-state index contributed by atoms with van der Waals surface area (Å²) >= 11 is 0. The summed E-state index contributed by atoms with van der Waals surface area (Å²) in [5.41, 5.74) is 1.76. The van der Waals surface area contributed by atoms with Crippen LogP contribution in [0.1, 0.15) is 0 Å². The van der Waals surface area contributed by atoms with Gasteiger partial charge >= 0.3 is 0 Å². The number of benzene rings is 4. The zero-order valence-electron chi connectivity index (χ0n) is 24.8. The fourth-order valence-electron chi connectivity index (χ4n) is 5.26. The molecule has 0 fully saturated rings. The number of nitrogens with zero attached hydrogens (tertiary/aromatic N) is 5. The van der Waals surface area contributed by atoms with E-state index in [4.69, 9.17) is 18.9 Å². The molecule has 4 aromatic heterocycles. The van der Waals surface area contributed by atoms with E-state index in [0.29, 0.717) is 52.2 Å². The van der Waals surface area contributed by atoms with E-state index in [2.05, 4.69) is 19.9 Å². The van der Waals surface area contributed by atoms with Gasteiger partial charge in [0.25, 0.3) is 0 Å². The second kappa shape index (κ2) is 12.3. The van der Waals surface area contributed by atoms with Gasteiger partial charge in [-0.25, -0.2) is 19.9 Å². The molecule has 0 aliphatic heterocycles. The topological polar surface area (TPSA) is 93.4 Å². The van der Waals surface area contributed by atoms with Crippen molar-refractivity contribution >= 4 is 21.8 Å². The van der Waals surface area contributed by atoms with Crippen LogP contribution in [-0.4, -0.2) is 24.5 Å². The second-order valence-corrected chi connectivity index (χ2v) is 10.4. The van der Waals surface area contributed by atoms with Gasteiger partial charge in [-0.2, -0.15) is 0 Å². The Balaban J connectivity index is 1.13. The van der Waals surface area contributed by atoms with Gasteiger partial charge in [0, 0.05) is 72.0 Å². The Morgan fingerprint density at radius 3 is 1.28 bits per heavy atom. The number of aromatic nitrogens is 5. The predicted octanol–water partition coefficient (Wildman–Crippen LogP) is 9.53. The first-order valence-corrected chi connectivity index (χ1v) is 14.8. The van der Waals surface area contributed by atoms with Crippen molar-refractivity contribution in [2.75, 3.05) is 0 Å². The molecule has 47 heavy (non-hydrogen) atoms. The van der Waals surface area contributed by atoms with Gasteiger partial charge in [-0.05, 0) is 66.7 Å². The monoisotopic (exact) mass is 615 g/mol. The Hall–Kier alpha value is -6.74. The normalized spacial score (nSPS) is 11.0. The van der Waals surface area contributed by atoms with Gasteiger partial charge in [0.05, 0.1) is 11.0 Å². The van der Waals surface area contributed by atoms with Crippen LogP contribution in [0.4, 0.5) is 0 Å². The molecule has 0 saturated heterocycles. The van der Waals surface area contributed by atoms with E-state index >= 15 is 0 Å². The third-order valence-corrected chi connectivity index (χ3v) is 7.27. The average Bonchev–Trinajstić information content (AvgIpc) is 3.42. The molecule has 0 atom stereocenters. The van der Waals surface area contributed by atoms with Gasteiger partial charge in [0.2, 0.25) is 17.7 Å². The molecule has 0 N–H and O–H groups in total. The number of ether oxygens (including phenoxy) is 4. The molecule has 226 valence electrons. The summed E-state index contributed by atoms with van der Waals surface area (Å²) in [5, 5.41) is 2.04. The van der Waals surface area contributed by atoms with Crippen molar-refractivity contribution in [2.24, 2.45) is 0 Å². The van der Waals surface area contributed by atoms with E-state index in [-0.39, 0.29) is 0 Å². The molecule has 0 aliphatic rings. The highest BCUT2D eigenvalue weighted by Gasteiger charge is 2.16. The second-order valence-electron chi connectivity index (χ2n) is 10.4. The average molecular weight is 616 g/mol. The molecule has 9 nitrogen and oxygen atoms in total. The fraction of sp³-hybridized carbons (Fsp3) is 0. The summed E-state index contributed by atoms with van der Waals surface area (Å²) in [5.74, 6) is 5.33. The minimum absolute atomic E-state index is 0.507. The molecule has 4 aromatic carbocycles. The van der Waals surface area contributed by atoms with Gasteiger partial charge in [0.1, 0.15) is 34.5 Å². The molecule has 0 aliphatic carbocycles. The van der Waals surface area contributed by atoms with Crippen molar-refractivity contribution in [1.29, 1.82) is 0 Å². The summed E-state index contributed by atoms with van der Waals surface area (Å²) in [4.78, 5) is 17.6. The zero-order valence-corrected chi connectivity index (χ0v) is 24.8. The molecule has 4 heterocycles. The lowest BCUT2D eigenvalue weighted by molar-refractivity contribution is 0.448. The van der Waals surface area contributed by atoms with Gasteiger partial charge < -0.3 is 18.9 Å². The quantitative estimate of drug-likeness (QED) is 0.158. The third-order valence-electron chi connectivity index (χ3n) is 7.27. The van der Waals surface area contributed by atoms with Gasteiger partial charge in [-0.15, -0.1) is 0 Å². The lowest BCUT2D eigenvalue weighted by Crippen LogP contribution is -2.00. The molecule has 8 rings (SSSR count). The number of rotatable bonds is 9. The van der Waals surface area contributed by atoms with E-state index in [0.717, 1.165) is 21.8 Å². The highest BCUT2D eigenvalue weighted by atomic mass is 16.5. The van der Waals surface area contributed by atoms with Crippen LogP contribution < -0.4 is 18.9 Å². The molecule has 0 radical (unpaired) electrons. The minimum atomic E-state index is 0.507. The fourth-order valence-corrected chi connectivity index (χ4v) is 5.26. The maximum Gasteiger partial charge on any atom is 0.234 e. The van der Waals surface area contributed by atoms with E-state index in [1.165, 1.54) is 0 Å². The zero-order chi connectivity index (χ0) is 31.4. The third kappa shape index (κ3) is 6.01. The van der Waals surface area contributed by atoms with E-state index in [1.807, 2.05) is 114 Å². The number of hydrogen-bond acceptors (Lipinski definition) is 8. The summed E-state index contributed by atoms with van der Waals surface area (Å²) in [6.07, 6.45) is 6.82. The highest BCUT2D eigenvalue weighted by Crippen LogP contribution is 2.38. The van der Waals surface area contributed by atoms with Crippen LogP contribution in [0.2, 0.25) is 0 Å². The summed E-state index contributed by atoms with van der Waals surface area (Å²) in [6, 6.07) is 39.7. The van der Waals surface area contributed by atoms with E-state index in [1.54, 1.807) is 43.0 Å². The Labute approximate surface area is 269 Å². The summed E-state index contributed by atoms with van der Waals surface area (Å²) in [6.45, 7) is 0. The standard InChI is InChI=1S/C38H25N5O4/c1-3-18-39-36(12-1)46-28-10-5-8-26(22-28)44-30-14-16-32-33-17-15-31(25-35(33)43(34(32)24-30)38-41-20-7-21-42-38)45-27-9-6-11-29(23-27)47-37-13-2-4-19-40-37/h1-25H. The lowest BCUT2D eigenvalue weighted by atomic mass is 10.1. The largest absolute Gasteiger partial charge is 0.457 e.